The summed E-state index contributed by atoms with van der Waals surface area (Å²) in [5.41, 5.74) is 3.63. The van der Waals surface area contributed by atoms with Crippen LogP contribution >= 0.6 is 23.8 Å². The highest BCUT2D eigenvalue weighted by Gasteiger charge is 2.35. The van der Waals surface area contributed by atoms with Gasteiger partial charge in [0.2, 0.25) is 5.91 Å². The molecule has 0 fully saturated rings. The molecule has 3 N–H and O–H groups in total. The summed E-state index contributed by atoms with van der Waals surface area (Å²) in [6.07, 6.45) is -4.14. The molecule has 3 nitrogen and oxygen atoms in total. The molecule has 0 aliphatic rings. The molecule has 1 unspecified atom stereocenters. The topological polar surface area (TPSA) is 55.1 Å². The molecular weight excluding hydrogens is 325 g/mol. The fraction of sp³-hybridized carbons (Fsp3) is 0.385. The van der Waals surface area contributed by atoms with Crippen LogP contribution in [0.4, 0.5) is 18.9 Å². The van der Waals surface area contributed by atoms with E-state index >= 15 is 0 Å². The zero-order valence-electron chi connectivity index (χ0n) is 11.3. The SMILES string of the molecule is CCC(C)(C(=O)Nc1ccc(C(F)(F)F)cc1Cl)C(N)=S. The Labute approximate surface area is 130 Å². The number of hydrogen-bond donors (Lipinski definition) is 2. The number of carbonyl (C=O) groups excluding carboxylic acids is 1. The Hall–Kier alpha value is -1.34. The third-order valence-electron chi connectivity index (χ3n) is 3.30. The molecule has 1 amide bonds. The minimum Gasteiger partial charge on any atom is -0.392 e. The molecule has 8 heteroatoms. The van der Waals surface area contributed by atoms with Crippen molar-refractivity contribution in [3.05, 3.63) is 28.8 Å². The van der Waals surface area contributed by atoms with Gasteiger partial charge in [0.1, 0.15) is 0 Å². The van der Waals surface area contributed by atoms with E-state index in [1.165, 1.54) is 0 Å². The predicted molar refractivity (Wildman–Crippen MR) is 80.3 cm³/mol. The Morgan fingerprint density at radius 1 is 1.43 bits per heavy atom. The van der Waals surface area contributed by atoms with Gasteiger partial charge >= 0.3 is 6.18 Å². The van der Waals surface area contributed by atoms with Crippen molar-refractivity contribution >= 4 is 40.4 Å². The van der Waals surface area contributed by atoms with Crippen LogP contribution in [0.25, 0.3) is 0 Å². The van der Waals surface area contributed by atoms with E-state index in [4.69, 9.17) is 29.6 Å². The summed E-state index contributed by atoms with van der Waals surface area (Å²) in [5, 5.41) is 2.25. The van der Waals surface area contributed by atoms with Crippen LogP contribution in [0, 0.1) is 5.41 Å². The largest absolute Gasteiger partial charge is 0.416 e. The third-order valence-corrected chi connectivity index (χ3v) is 4.06. The molecule has 0 aliphatic heterocycles. The summed E-state index contributed by atoms with van der Waals surface area (Å²) < 4.78 is 37.6. The summed E-state index contributed by atoms with van der Waals surface area (Å²) in [4.78, 5) is 12.2. The maximum atomic E-state index is 12.5. The maximum absolute atomic E-state index is 12.5. The molecular formula is C13H14ClF3N2OS. The molecule has 0 aromatic heterocycles. The predicted octanol–water partition coefficient (Wildman–Crippen LogP) is 4.00. The standard InChI is InChI=1S/C13H14ClF3N2OS/c1-3-12(2,10(18)21)11(20)19-9-5-4-7(6-8(9)14)13(15,16)17/h4-6H,3H2,1-2H3,(H2,18,21)(H,19,20). The van der Waals surface area contributed by atoms with Gasteiger partial charge in [-0.05, 0) is 31.5 Å². The van der Waals surface area contributed by atoms with Crippen molar-refractivity contribution in [2.75, 3.05) is 5.32 Å². The van der Waals surface area contributed by atoms with Crippen LogP contribution in [0.2, 0.25) is 5.02 Å². The van der Waals surface area contributed by atoms with Crippen molar-refractivity contribution in [1.29, 1.82) is 0 Å². The van der Waals surface area contributed by atoms with Gasteiger partial charge in [-0.15, -0.1) is 0 Å². The van der Waals surface area contributed by atoms with E-state index < -0.39 is 23.1 Å². The quantitative estimate of drug-likeness (QED) is 0.816. The van der Waals surface area contributed by atoms with E-state index in [-0.39, 0.29) is 15.7 Å². The highest BCUT2D eigenvalue weighted by Crippen LogP contribution is 2.34. The van der Waals surface area contributed by atoms with Crippen molar-refractivity contribution in [2.45, 2.75) is 26.4 Å². The Bertz CT molecular complexity index is 577. The van der Waals surface area contributed by atoms with Gasteiger partial charge in [-0.2, -0.15) is 13.2 Å². The normalized spacial score (nSPS) is 14.4. The molecule has 0 aliphatic carbocycles. The Morgan fingerprint density at radius 2 is 2.00 bits per heavy atom. The fourth-order valence-corrected chi connectivity index (χ4v) is 1.96. The van der Waals surface area contributed by atoms with Gasteiger partial charge in [-0.3, -0.25) is 4.79 Å². The molecule has 116 valence electrons. The zero-order valence-corrected chi connectivity index (χ0v) is 12.9. The Balaban J connectivity index is 3.05. The molecule has 0 saturated heterocycles. The number of thiocarbonyl (C=S) groups is 1. The van der Waals surface area contributed by atoms with Gasteiger partial charge in [-0.25, -0.2) is 0 Å². The zero-order chi connectivity index (χ0) is 16.4. The highest BCUT2D eigenvalue weighted by molar-refractivity contribution is 7.80. The first kappa shape index (κ1) is 17.7. The highest BCUT2D eigenvalue weighted by atomic mass is 35.5. The van der Waals surface area contributed by atoms with Crippen LogP contribution in [0.1, 0.15) is 25.8 Å². The van der Waals surface area contributed by atoms with Crippen LogP contribution < -0.4 is 11.1 Å². The summed E-state index contributed by atoms with van der Waals surface area (Å²) in [7, 11) is 0. The molecule has 0 spiro atoms. The number of alkyl halides is 3. The number of halogens is 4. The van der Waals surface area contributed by atoms with Gasteiger partial charge in [0.05, 0.1) is 26.7 Å². The number of carbonyl (C=O) groups is 1. The number of nitrogens with two attached hydrogens (primary N) is 1. The molecule has 1 atom stereocenters. The van der Waals surface area contributed by atoms with Gasteiger partial charge in [0.25, 0.3) is 0 Å². The van der Waals surface area contributed by atoms with Crippen molar-refractivity contribution in [1.82, 2.24) is 0 Å². The second-order valence-electron chi connectivity index (χ2n) is 4.70. The molecule has 0 heterocycles. The fourth-order valence-electron chi connectivity index (χ4n) is 1.50. The van der Waals surface area contributed by atoms with Gasteiger partial charge in [0, 0.05) is 0 Å². The maximum Gasteiger partial charge on any atom is 0.416 e. The van der Waals surface area contributed by atoms with Crippen molar-refractivity contribution < 1.29 is 18.0 Å². The first-order chi connectivity index (χ1) is 9.52. The molecule has 1 aromatic rings. The lowest BCUT2D eigenvalue weighted by atomic mass is 9.86. The Morgan fingerprint density at radius 3 is 2.38 bits per heavy atom. The molecule has 0 bridgehead atoms. The van der Waals surface area contributed by atoms with Gasteiger partial charge < -0.3 is 11.1 Å². The summed E-state index contributed by atoms with van der Waals surface area (Å²) >= 11 is 10.6. The van der Waals surface area contributed by atoms with E-state index in [0.717, 1.165) is 18.2 Å². The average molecular weight is 339 g/mol. The lowest BCUT2D eigenvalue weighted by Gasteiger charge is -2.25. The third kappa shape index (κ3) is 3.85. The number of amides is 1. The van der Waals surface area contributed by atoms with Crippen LogP contribution in [-0.4, -0.2) is 10.9 Å². The minimum atomic E-state index is -4.50. The molecule has 1 rings (SSSR count). The Kier molecular flexibility index (Phi) is 5.22. The second kappa shape index (κ2) is 6.19. The van der Waals surface area contributed by atoms with E-state index in [2.05, 4.69) is 5.32 Å². The summed E-state index contributed by atoms with van der Waals surface area (Å²) in [6.45, 7) is 3.29. The lowest BCUT2D eigenvalue weighted by Crippen LogP contribution is -2.43. The van der Waals surface area contributed by atoms with Crippen LogP contribution in [0.5, 0.6) is 0 Å². The lowest BCUT2D eigenvalue weighted by molar-refractivity contribution is -0.137. The van der Waals surface area contributed by atoms with Crippen LogP contribution in [0.15, 0.2) is 18.2 Å². The van der Waals surface area contributed by atoms with Crippen molar-refractivity contribution in [2.24, 2.45) is 11.1 Å². The van der Waals surface area contributed by atoms with Crippen LogP contribution in [0.3, 0.4) is 0 Å². The number of anilines is 1. The summed E-state index contributed by atoms with van der Waals surface area (Å²) in [6, 6.07) is 2.69. The summed E-state index contributed by atoms with van der Waals surface area (Å²) in [5.74, 6) is -0.515. The molecule has 21 heavy (non-hydrogen) atoms. The molecule has 0 saturated carbocycles. The van der Waals surface area contributed by atoms with Gasteiger partial charge in [0.15, 0.2) is 0 Å². The minimum absolute atomic E-state index is 0.00512. The van der Waals surface area contributed by atoms with Crippen molar-refractivity contribution in [3.8, 4) is 0 Å². The smallest absolute Gasteiger partial charge is 0.392 e. The van der Waals surface area contributed by atoms with E-state index in [1.54, 1.807) is 13.8 Å². The first-order valence-corrected chi connectivity index (χ1v) is 6.79. The van der Waals surface area contributed by atoms with E-state index in [9.17, 15) is 18.0 Å². The molecule has 1 aromatic carbocycles. The molecule has 0 radical (unpaired) electrons. The number of nitrogens with one attached hydrogen (secondary N) is 1. The second-order valence-corrected chi connectivity index (χ2v) is 5.54. The van der Waals surface area contributed by atoms with E-state index in [0.29, 0.717) is 6.42 Å². The number of rotatable bonds is 4. The van der Waals surface area contributed by atoms with Crippen LogP contribution in [-0.2, 0) is 11.0 Å². The van der Waals surface area contributed by atoms with Crippen molar-refractivity contribution in [3.63, 3.8) is 0 Å². The monoisotopic (exact) mass is 338 g/mol. The first-order valence-electron chi connectivity index (χ1n) is 6.00. The average Bonchev–Trinajstić information content (AvgIpc) is 2.38. The van der Waals surface area contributed by atoms with E-state index in [1.807, 2.05) is 0 Å². The van der Waals surface area contributed by atoms with Gasteiger partial charge in [-0.1, -0.05) is 30.7 Å². The number of benzene rings is 1. The number of hydrogen-bond acceptors (Lipinski definition) is 2.